The summed E-state index contributed by atoms with van der Waals surface area (Å²) in [6.45, 7) is 6.31. The summed E-state index contributed by atoms with van der Waals surface area (Å²) in [6.07, 6.45) is 2.24. The molecule has 0 spiro atoms. The number of halogens is 1. The predicted octanol–water partition coefficient (Wildman–Crippen LogP) is 5.26. The molecule has 1 heterocycles. The molecule has 0 aliphatic carbocycles. The van der Waals surface area contributed by atoms with Crippen molar-refractivity contribution in [1.82, 2.24) is 10.3 Å². The molecule has 5 heteroatoms. The summed E-state index contributed by atoms with van der Waals surface area (Å²) in [4.78, 5) is 7.52. The molecule has 0 unspecified atom stereocenters. The Morgan fingerprint density at radius 1 is 1.33 bits per heavy atom. The van der Waals surface area contributed by atoms with E-state index in [9.17, 15) is 0 Å². The molecule has 0 fully saturated rings. The smallest absolute Gasteiger partial charge is 0.103 e. The van der Waals surface area contributed by atoms with Gasteiger partial charge in [0.2, 0.25) is 0 Å². The number of rotatable bonds is 8. The molecule has 0 aliphatic rings. The Morgan fingerprint density at radius 3 is 2.90 bits per heavy atom. The normalized spacial score (nSPS) is 11.0. The van der Waals surface area contributed by atoms with Crippen LogP contribution in [0, 0.1) is 0 Å². The zero-order valence-electron chi connectivity index (χ0n) is 12.5. The lowest BCUT2D eigenvalue weighted by Gasteiger charge is -2.00. The van der Waals surface area contributed by atoms with Crippen LogP contribution in [-0.4, -0.2) is 11.5 Å². The highest BCUT2D eigenvalue weighted by molar-refractivity contribution is 9.10. The molecule has 2 nitrogen and oxygen atoms in total. The summed E-state index contributed by atoms with van der Waals surface area (Å²) in [6, 6.07) is 8.44. The van der Waals surface area contributed by atoms with Crippen LogP contribution in [0.25, 0.3) is 0 Å². The number of thioether (sulfide) groups is 1. The highest BCUT2D eigenvalue weighted by atomic mass is 79.9. The Balaban J connectivity index is 2.02. The molecule has 21 heavy (non-hydrogen) atoms. The van der Waals surface area contributed by atoms with Gasteiger partial charge in [0.15, 0.2) is 0 Å². The molecule has 1 aromatic heterocycles. The number of hydrogen-bond acceptors (Lipinski definition) is 4. The largest absolute Gasteiger partial charge is 0.312 e. The van der Waals surface area contributed by atoms with E-state index in [0.29, 0.717) is 0 Å². The van der Waals surface area contributed by atoms with Crippen LogP contribution in [0.2, 0.25) is 0 Å². The van der Waals surface area contributed by atoms with Gasteiger partial charge in [-0.3, -0.25) is 0 Å². The third-order valence-electron chi connectivity index (χ3n) is 3.00. The van der Waals surface area contributed by atoms with Crippen molar-refractivity contribution < 1.29 is 0 Å². The van der Waals surface area contributed by atoms with Crippen molar-refractivity contribution in [1.29, 1.82) is 0 Å². The first-order valence-corrected chi connectivity index (χ1v) is 9.89. The van der Waals surface area contributed by atoms with Gasteiger partial charge in [0, 0.05) is 20.8 Å². The maximum Gasteiger partial charge on any atom is 0.103 e. The minimum atomic E-state index is 0.948. The van der Waals surface area contributed by atoms with Crippen molar-refractivity contribution in [2.24, 2.45) is 0 Å². The number of hydrogen-bond donors (Lipinski definition) is 1. The van der Waals surface area contributed by atoms with Crippen LogP contribution in [0.5, 0.6) is 0 Å². The monoisotopic (exact) mass is 384 g/mol. The fourth-order valence-electron chi connectivity index (χ4n) is 2.01. The standard InChI is InChI=1S/C16H21BrN2S2/c1-3-6-14-15(10-18-4-2)21-16(19-14)11-20-13-8-5-7-12(17)9-13/h5,7-9,18H,3-4,6,10-11H2,1-2H3. The zero-order chi connectivity index (χ0) is 15.1. The highest BCUT2D eigenvalue weighted by Crippen LogP contribution is 2.29. The molecular formula is C16H21BrN2S2. The van der Waals surface area contributed by atoms with E-state index in [0.717, 1.165) is 36.2 Å². The van der Waals surface area contributed by atoms with Crippen LogP contribution in [0.15, 0.2) is 33.6 Å². The van der Waals surface area contributed by atoms with Gasteiger partial charge in [-0.1, -0.05) is 42.3 Å². The molecule has 2 aromatic rings. The van der Waals surface area contributed by atoms with Gasteiger partial charge >= 0.3 is 0 Å². The minimum absolute atomic E-state index is 0.948. The number of aryl methyl sites for hydroxylation is 1. The van der Waals surface area contributed by atoms with E-state index in [1.807, 2.05) is 23.1 Å². The topological polar surface area (TPSA) is 24.9 Å². The summed E-state index contributed by atoms with van der Waals surface area (Å²) in [5.74, 6) is 0.948. The van der Waals surface area contributed by atoms with Gasteiger partial charge in [-0.25, -0.2) is 4.98 Å². The van der Waals surface area contributed by atoms with Crippen molar-refractivity contribution in [3.63, 3.8) is 0 Å². The van der Waals surface area contributed by atoms with Crippen molar-refractivity contribution in [3.8, 4) is 0 Å². The van der Waals surface area contributed by atoms with Crippen molar-refractivity contribution in [3.05, 3.63) is 44.3 Å². The predicted molar refractivity (Wildman–Crippen MR) is 97.2 cm³/mol. The number of benzene rings is 1. The van der Waals surface area contributed by atoms with Crippen LogP contribution >= 0.6 is 39.0 Å². The van der Waals surface area contributed by atoms with Crippen molar-refractivity contribution >= 4 is 39.0 Å². The van der Waals surface area contributed by atoms with Crippen LogP contribution in [0.4, 0.5) is 0 Å². The van der Waals surface area contributed by atoms with E-state index in [2.05, 4.69) is 59.4 Å². The third kappa shape index (κ3) is 5.40. The molecular weight excluding hydrogens is 364 g/mol. The Bertz CT molecular complexity index is 569. The first-order chi connectivity index (χ1) is 10.2. The molecule has 0 saturated heterocycles. The SMILES string of the molecule is CCCc1nc(CSc2cccc(Br)c2)sc1CNCC. The van der Waals surface area contributed by atoms with Gasteiger partial charge in [-0.15, -0.1) is 23.1 Å². The second kappa shape index (κ2) is 8.93. The lowest BCUT2D eigenvalue weighted by Crippen LogP contribution is -2.11. The van der Waals surface area contributed by atoms with Crippen LogP contribution in [0.3, 0.4) is 0 Å². The van der Waals surface area contributed by atoms with Gasteiger partial charge in [0.05, 0.1) is 11.4 Å². The van der Waals surface area contributed by atoms with Gasteiger partial charge < -0.3 is 5.32 Å². The quantitative estimate of drug-likeness (QED) is 0.628. The van der Waals surface area contributed by atoms with E-state index < -0.39 is 0 Å². The van der Waals surface area contributed by atoms with Gasteiger partial charge in [-0.05, 0) is 31.2 Å². The number of nitrogens with one attached hydrogen (secondary N) is 1. The molecule has 1 N–H and O–H groups in total. The molecule has 0 bridgehead atoms. The number of nitrogens with zero attached hydrogens (tertiary/aromatic N) is 1. The summed E-state index contributed by atoms with van der Waals surface area (Å²) >= 11 is 7.22. The Kier molecular flexibility index (Phi) is 7.23. The minimum Gasteiger partial charge on any atom is -0.312 e. The van der Waals surface area contributed by atoms with E-state index in [1.54, 1.807) is 0 Å². The highest BCUT2D eigenvalue weighted by Gasteiger charge is 2.10. The van der Waals surface area contributed by atoms with E-state index in [1.165, 1.54) is 20.5 Å². The Hall–Kier alpha value is -0.360. The van der Waals surface area contributed by atoms with Crippen LogP contribution < -0.4 is 5.32 Å². The zero-order valence-corrected chi connectivity index (χ0v) is 15.7. The summed E-state index contributed by atoms with van der Waals surface area (Å²) < 4.78 is 1.13. The molecule has 114 valence electrons. The van der Waals surface area contributed by atoms with Crippen molar-refractivity contribution in [2.75, 3.05) is 6.54 Å². The van der Waals surface area contributed by atoms with Crippen LogP contribution in [-0.2, 0) is 18.7 Å². The lowest BCUT2D eigenvalue weighted by atomic mass is 10.2. The fraction of sp³-hybridized carbons (Fsp3) is 0.438. The van der Waals surface area contributed by atoms with E-state index in [-0.39, 0.29) is 0 Å². The molecule has 0 aliphatic heterocycles. The second-order valence-electron chi connectivity index (χ2n) is 4.75. The van der Waals surface area contributed by atoms with Crippen LogP contribution in [0.1, 0.15) is 35.8 Å². The molecule has 1 aromatic carbocycles. The lowest BCUT2D eigenvalue weighted by molar-refractivity contribution is 0.723. The average molecular weight is 385 g/mol. The Labute approximate surface area is 143 Å². The fourth-order valence-corrected chi connectivity index (χ4v) is 4.59. The first-order valence-electron chi connectivity index (χ1n) is 7.29. The summed E-state index contributed by atoms with van der Waals surface area (Å²) in [7, 11) is 0. The second-order valence-corrected chi connectivity index (χ2v) is 7.89. The van der Waals surface area contributed by atoms with E-state index in [4.69, 9.17) is 4.98 Å². The molecule has 0 amide bonds. The summed E-state index contributed by atoms with van der Waals surface area (Å²) in [5.41, 5.74) is 1.29. The van der Waals surface area contributed by atoms with Gasteiger partial charge in [-0.2, -0.15) is 0 Å². The number of aromatic nitrogens is 1. The number of thiazole rings is 1. The molecule has 0 saturated carbocycles. The molecule has 2 rings (SSSR count). The van der Waals surface area contributed by atoms with Gasteiger partial charge in [0.1, 0.15) is 5.01 Å². The Morgan fingerprint density at radius 2 is 2.19 bits per heavy atom. The molecule has 0 atom stereocenters. The third-order valence-corrected chi connectivity index (χ3v) is 5.78. The van der Waals surface area contributed by atoms with Crippen molar-refractivity contribution in [2.45, 2.75) is 43.9 Å². The average Bonchev–Trinajstić information content (AvgIpc) is 2.86. The van der Waals surface area contributed by atoms with Gasteiger partial charge in [0.25, 0.3) is 0 Å². The first kappa shape index (κ1) is 17.0. The maximum atomic E-state index is 4.84. The van der Waals surface area contributed by atoms with E-state index >= 15 is 0 Å². The summed E-state index contributed by atoms with van der Waals surface area (Å²) in [5, 5.41) is 4.65. The molecule has 0 radical (unpaired) electrons. The maximum absolute atomic E-state index is 4.84.